The van der Waals surface area contributed by atoms with Gasteiger partial charge in [0.1, 0.15) is 0 Å². The van der Waals surface area contributed by atoms with Crippen molar-refractivity contribution in [3.8, 4) is 11.1 Å². The summed E-state index contributed by atoms with van der Waals surface area (Å²) in [5.74, 6) is 0.737. The molecule has 0 radical (unpaired) electrons. The van der Waals surface area contributed by atoms with Gasteiger partial charge in [-0.15, -0.1) is 0 Å². The molecule has 1 aliphatic carbocycles. The number of anilines is 1. The maximum Gasteiger partial charge on any atom is 0.261 e. The Bertz CT molecular complexity index is 1750. The molecular formula is C34H39N3O4S. The summed E-state index contributed by atoms with van der Waals surface area (Å²) in [6.07, 6.45) is 2.28. The van der Waals surface area contributed by atoms with E-state index in [1.54, 1.807) is 24.3 Å². The highest BCUT2D eigenvalue weighted by molar-refractivity contribution is 7.92. The summed E-state index contributed by atoms with van der Waals surface area (Å²) in [7, 11) is -3.82. The first-order valence-corrected chi connectivity index (χ1v) is 15.9. The van der Waals surface area contributed by atoms with E-state index in [0.29, 0.717) is 36.2 Å². The number of aromatic amines is 1. The highest BCUT2D eigenvalue weighted by Crippen LogP contribution is 2.45. The minimum atomic E-state index is -3.82. The fourth-order valence-corrected chi connectivity index (χ4v) is 6.65. The molecule has 3 N–H and O–H groups in total. The Balaban J connectivity index is 1.44. The third-order valence-electron chi connectivity index (χ3n) is 8.07. The number of carbonyl (C=O) groups excluding carboxylic acids is 2. The van der Waals surface area contributed by atoms with E-state index in [1.165, 1.54) is 6.92 Å². The summed E-state index contributed by atoms with van der Waals surface area (Å²) >= 11 is 0. The number of benzene rings is 3. The normalized spacial score (nSPS) is 16.8. The molecule has 0 aliphatic heterocycles. The van der Waals surface area contributed by atoms with Crippen LogP contribution in [-0.4, -0.2) is 31.6 Å². The quantitative estimate of drug-likeness (QED) is 0.175. The van der Waals surface area contributed by atoms with E-state index < -0.39 is 10.0 Å². The van der Waals surface area contributed by atoms with Crippen LogP contribution in [0.3, 0.4) is 0 Å². The van der Waals surface area contributed by atoms with Gasteiger partial charge in [0.25, 0.3) is 10.0 Å². The Morgan fingerprint density at radius 3 is 2.38 bits per heavy atom. The molecule has 1 amide bonds. The Morgan fingerprint density at radius 1 is 0.976 bits per heavy atom. The Hall–Kier alpha value is -3.91. The number of H-pyrrole nitrogens is 1. The van der Waals surface area contributed by atoms with E-state index in [1.807, 2.05) is 49.4 Å². The van der Waals surface area contributed by atoms with Crippen LogP contribution in [0.5, 0.6) is 0 Å². The summed E-state index contributed by atoms with van der Waals surface area (Å²) in [4.78, 5) is 28.4. The average Bonchev–Trinajstić information content (AvgIpc) is 3.53. The van der Waals surface area contributed by atoms with Crippen molar-refractivity contribution in [2.45, 2.75) is 64.2 Å². The third kappa shape index (κ3) is 6.59. The number of aryl methyl sites for hydroxylation is 1. The summed E-state index contributed by atoms with van der Waals surface area (Å²) in [5, 5.41) is 3.62. The number of ketones is 1. The first kappa shape index (κ1) is 29.6. The van der Waals surface area contributed by atoms with E-state index >= 15 is 0 Å². The van der Waals surface area contributed by atoms with Crippen LogP contribution < -0.4 is 10.0 Å². The maximum atomic E-state index is 13.7. The first-order chi connectivity index (χ1) is 19.8. The summed E-state index contributed by atoms with van der Waals surface area (Å²) < 4.78 is 29.3. The molecule has 0 bridgehead atoms. The van der Waals surface area contributed by atoms with Gasteiger partial charge in [0.05, 0.1) is 10.6 Å². The van der Waals surface area contributed by atoms with Crippen molar-refractivity contribution in [3.63, 3.8) is 0 Å². The molecule has 0 saturated heterocycles. The van der Waals surface area contributed by atoms with E-state index in [9.17, 15) is 18.0 Å². The number of aromatic nitrogens is 1. The van der Waals surface area contributed by atoms with Crippen LogP contribution in [0.15, 0.2) is 71.6 Å². The number of sulfonamides is 1. The van der Waals surface area contributed by atoms with Crippen molar-refractivity contribution in [2.24, 2.45) is 11.8 Å². The Morgan fingerprint density at radius 2 is 1.71 bits per heavy atom. The number of nitrogens with one attached hydrogen (secondary N) is 3. The van der Waals surface area contributed by atoms with Gasteiger partial charge in [-0.25, -0.2) is 8.42 Å². The molecule has 4 aromatic rings. The summed E-state index contributed by atoms with van der Waals surface area (Å²) in [6.45, 7) is 10.4. The lowest BCUT2D eigenvalue weighted by atomic mass is 9.87. The van der Waals surface area contributed by atoms with Gasteiger partial charge in [-0.2, -0.15) is 0 Å². The van der Waals surface area contributed by atoms with Crippen molar-refractivity contribution in [3.05, 3.63) is 83.6 Å². The molecule has 1 aromatic heterocycles. The predicted octanol–water partition coefficient (Wildman–Crippen LogP) is 6.98. The largest absolute Gasteiger partial charge is 0.356 e. The molecule has 2 atom stereocenters. The second-order valence-electron chi connectivity index (χ2n) is 12.5. The molecule has 0 spiro atoms. The number of carbonyl (C=O) groups is 2. The molecular weight excluding hydrogens is 546 g/mol. The van der Waals surface area contributed by atoms with Gasteiger partial charge in [-0.1, -0.05) is 62.7 Å². The number of fused-ring (bicyclic) bond motifs is 1. The molecule has 1 heterocycles. The third-order valence-corrected chi connectivity index (χ3v) is 9.47. The molecule has 1 aliphatic rings. The van der Waals surface area contributed by atoms with Crippen LogP contribution >= 0.6 is 0 Å². The molecule has 3 aromatic carbocycles. The van der Waals surface area contributed by atoms with E-state index in [4.69, 9.17) is 0 Å². The van der Waals surface area contributed by atoms with Crippen molar-refractivity contribution in [1.29, 1.82) is 0 Å². The van der Waals surface area contributed by atoms with Crippen molar-refractivity contribution < 1.29 is 18.0 Å². The minimum Gasteiger partial charge on any atom is -0.356 e. The lowest BCUT2D eigenvalue weighted by molar-refractivity contribution is -0.118. The lowest BCUT2D eigenvalue weighted by Crippen LogP contribution is -2.21. The number of hydrogen-bond acceptors (Lipinski definition) is 4. The molecule has 5 rings (SSSR count). The number of hydrogen-bond donors (Lipinski definition) is 3. The zero-order valence-electron chi connectivity index (χ0n) is 24.9. The monoisotopic (exact) mass is 585 g/mol. The zero-order chi connectivity index (χ0) is 30.2. The van der Waals surface area contributed by atoms with Crippen molar-refractivity contribution >= 4 is 38.3 Å². The zero-order valence-corrected chi connectivity index (χ0v) is 25.7. The van der Waals surface area contributed by atoms with Gasteiger partial charge in [0.2, 0.25) is 5.91 Å². The second kappa shape index (κ2) is 11.4. The smallest absolute Gasteiger partial charge is 0.261 e. The van der Waals surface area contributed by atoms with Crippen LogP contribution in [0.25, 0.3) is 22.0 Å². The standard InChI is InChI=1S/C34H39N3O4S/c1-21-7-6-8-24(17-21)32-29-20-27(37-42(40,41)28-12-9-26(10-13-28)34(3,4)5)11-14-30(29)36-33(32)31(39)19-25-18-23(25)15-16-35-22(2)38/h6-14,17,20,23,25,36-37H,15-16,18-19H2,1-5H3,(H,35,38)/t23?,25-/m0/s1. The number of Topliss-reactive ketones (excluding diaryl/α,β-unsaturated/α-hetero) is 1. The Labute approximate surface area is 248 Å². The minimum absolute atomic E-state index is 0.0377. The fourth-order valence-electron chi connectivity index (χ4n) is 5.60. The molecule has 8 heteroatoms. The SMILES string of the molecule is CC(=O)NCCC1C[C@H]1CC(=O)c1[nH]c2ccc(NS(=O)(=O)c3ccc(C(C)(C)C)cc3)cc2c1-c1cccc(C)c1. The van der Waals surface area contributed by atoms with Crippen LogP contribution in [0.4, 0.5) is 5.69 Å². The van der Waals surface area contributed by atoms with Gasteiger partial charge in [-0.3, -0.25) is 14.3 Å². The van der Waals surface area contributed by atoms with E-state index in [2.05, 4.69) is 35.8 Å². The number of rotatable bonds is 10. The van der Waals surface area contributed by atoms with Crippen molar-refractivity contribution in [2.75, 3.05) is 11.3 Å². The maximum absolute atomic E-state index is 13.7. The predicted molar refractivity (Wildman–Crippen MR) is 168 cm³/mol. The van der Waals surface area contributed by atoms with Crippen LogP contribution in [0, 0.1) is 18.8 Å². The fraction of sp³-hybridized carbons (Fsp3) is 0.353. The molecule has 7 nitrogen and oxygen atoms in total. The van der Waals surface area contributed by atoms with Gasteiger partial charge in [-0.05, 0) is 78.5 Å². The van der Waals surface area contributed by atoms with Gasteiger partial charge < -0.3 is 10.3 Å². The topological polar surface area (TPSA) is 108 Å². The highest BCUT2D eigenvalue weighted by atomic mass is 32.2. The first-order valence-electron chi connectivity index (χ1n) is 14.5. The lowest BCUT2D eigenvalue weighted by Gasteiger charge is -2.19. The molecule has 1 saturated carbocycles. The average molecular weight is 586 g/mol. The van der Waals surface area contributed by atoms with Crippen LogP contribution in [-0.2, 0) is 20.2 Å². The highest BCUT2D eigenvalue weighted by Gasteiger charge is 2.38. The van der Waals surface area contributed by atoms with E-state index in [0.717, 1.165) is 46.0 Å². The van der Waals surface area contributed by atoms with Gasteiger partial charge in [0.15, 0.2) is 5.78 Å². The molecule has 220 valence electrons. The van der Waals surface area contributed by atoms with Crippen molar-refractivity contribution in [1.82, 2.24) is 10.3 Å². The second-order valence-corrected chi connectivity index (χ2v) is 14.2. The Kier molecular flexibility index (Phi) is 8.03. The van der Waals surface area contributed by atoms with Crippen LogP contribution in [0.1, 0.15) is 68.6 Å². The van der Waals surface area contributed by atoms with E-state index in [-0.39, 0.29) is 22.0 Å². The summed E-state index contributed by atoms with van der Waals surface area (Å²) in [6, 6.07) is 20.3. The molecule has 42 heavy (non-hydrogen) atoms. The molecule has 1 fully saturated rings. The van der Waals surface area contributed by atoms with Gasteiger partial charge in [0, 0.05) is 42.0 Å². The van der Waals surface area contributed by atoms with Gasteiger partial charge >= 0.3 is 0 Å². The van der Waals surface area contributed by atoms with Crippen LogP contribution in [0.2, 0.25) is 0 Å². The molecule has 1 unspecified atom stereocenters. The summed E-state index contributed by atoms with van der Waals surface area (Å²) in [5.41, 5.74) is 5.46. The number of amides is 1.